The van der Waals surface area contributed by atoms with E-state index in [0.717, 1.165) is 21.3 Å². The normalized spacial score (nSPS) is 11.0. The molecule has 4 aromatic rings. The average molecular weight is 433 g/mol. The number of methoxy groups -OCH3 is 1. The fraction of sp³-hybridized carbons (Fsp3) is 0.0870. The third-order valence-corrected chi connectivity index (χ3v) is 5.32. The van der Waals surface area contributed by atoms with E-state index in [2.05, 4.69) is 15.5 Å². The first kappa shape index (κ1) is 20.4. The van der Waals surface area contributed by atoms with E-state index in [-0.39, 0.29) is 5.91 Å². The molecule has 0 unspecified atom stereocenters. The van der Waals surface area contributed by atoms with Crippen LogP contribution in [-0.4, -0.2) is 24.2 Å². The fourth-order valence-corrected chi connectivity index (χ4v) is 3.71. The van der Waals surface area contributed by atoms with Crippen LogP contribution in [0.2, 0.25) is 0 Å². The monoisotopic (exact) mass is 432 g/mol. The molecule has 0 aliphatic carbocycles. The highest BCUT2D eigenvalue weighted by molar-refractivity contribution is 7.22. The van der Waals surface area contributed by atoms with E-state index in [1.54, 1.807) is 37.6 Å². The van der Waals surface area contributed by atoms with Gasteiger partial charge in [-0.05, 0) is 47.5 Å². The van der Waals surface area contributed by atoms with Crippen LogP contribution in [0, 0.1) is 0 Å². The van der Waals surface area contributed by atoms with Gasteiger partial charge in [0.05, 0.1) is 23.5 Å². The van der Waals surface area contributed by atoms with Gasteiger partial charge in [-0.15, -0.1) is 0 Å². The van der Waals surface area contributed by atoms with Crippen molar-refractivity contribution in [3.63, 3.8) is 0 Å². The number of carbonyl (C=O) groups is 1. The molecule has 8 heteroatoms. The van der Waals surface area contributed by atoms with Crippen LogP contribution in [0.3, 0.4) is 0 Å². The Morgan fingerprint density at radius 2 is 1.97 bits per heavy atom. The molecule has 0 saturated carbocycles. The topological polar surface area (TPSA) is 98.8 Å². The molecule has 0 atom stereocenters. The molecule has 4 rings (SSSR count). The van der Waals surface area contributed by atoms with Crippen molar-refractivity contribution < 1.29 is 14.3 Å². The van der Waals surface area contributed by atoms with Crippen molar-refractivity contribution >= 4 is 38.8 Å². The number of aromatic nitrogens is 1. The highest BCUT2D eigenvalue weighted by Gasteiger charge is 2.09. The number of amides is 1. The van der Waals surface area contributed by atoms with E-state index in [4.69, 9.17) is 15.2 Å². The van der Waals surface area contributed by atoms with Gasteiger partial charge >= 0.3 is 0 Å². The Labute approximate surface area is 183 Å². The first-order valence-corrected chi connectivity index (χ1v) is 10.3. The van der Waals surface area contributed by atoms with Crippen LogP contribution < -0.4 is 20.6 Å². The summed E-state index contributed by atoms with van der Waals surface area (Å²) in [7, 11) is 1.58. The number of hydrazone groups is 1. The summed E-state index contributed by atoms with van der Waals surface area (Å²) in [5.74, 6) is 0.893. The first-order chi connectivity index (χ1) is 15.1. The van der Waals surface area contributed by atoms with Crippen LogP contribution >= 0.6 is 11.3 Å². The Morgan fingerprint density at radius 3 is 2.77 bits per heavy atom. The third kappa shape index (κ3) is 4.99. The lowest BCUT2D eigenvalue weighted by atomic mass is 10.2. The van der Waals surface area contributed by atoms with Crippen LogP contribution in [0.4, 0.5) is 5.13 Å². The number of carbonyl (C=O) groups excluding carboxylic acids is 1. The van der Waals surface area contributed by atoms with Crippen molar-refractivity contribution in [1.29, 1.82) is 0 Å². The Balaban J connectivity index is 1.40. The van der Waals surface area contributed by atoms with Crippen molar-refractivity contribution in [2.24, 2.45) is 5.10 Å². The van der Waals surface area contributed by atoms with Crippen LogP contribution in [0.5, 0.6) is 11.5 Å². The maximum Gasteiger partial charge on any atom is 0.271 e. The van der Waals surface area contributed by atoms with Crippen LogP contribution in [0.1, 0.15) is 21.5 Å². The SMILES string of the molecule is COc1cc(/C=N\NC(=O)c2ccc3nc(N)sc3c2)ccc1OCc1ccccc1. The number of nitrogens with two attached hydrogens (primary N) is 1. The molecule has 0 radical (unpaired) electrons. The van der Waals surface area contributed by atoms with E-state index in [1.165, 1.54) is 11.3 Å². The molecule has 31 heavy (non-hydrogen) atoms. The molecule has 1 aromatic heterocycles. The summed E-state index contributed by atoms with van der Waals surface area (Å²) in [5.41, 5.74) is 11.3. The molecule has 0 aliphatic heterocycles. The van der Waals surface area contributed by atoms with Gasteiger partial charge in [0.1, 0.15) is 6.61 Å². The second kappa shape index (κ2) is 9.27. The van der Waals surface area contributed by atoms with E-state index in [0.29, 0.717) is 28.8 Å². The van der Waals surface area contributed by atoms with Crippen molar-refractivity contribution in [3.05, 3.63) is 83.4 Å². The lowest BCUT2D eigenvalue weighted by Crippen LogP contribution is -2.17. The van der Waals surface area contributed by atoms with Gasteiger partial charge < -0.3 is 15.2 Å². The summed E-state index contributed by atoms with van der Waals surface area (Å²) in [6, 6.07) is 20.5. The molecule has 0 aliphatic rings. The Kier molecular flexibility index (Phi) is 6.09. The molecule has 1 amide bonds. The Hall–Kier alpha value is -3.91. The number of nitrogens with one attached hydrogen (secondary N) is 1. The van der Waals surface area contributed by atoms with E-state index >= 15 is 0 Å². The number of rotatable bonds is 7. The zero-order valence-corrected chi connectivity index (χ0v) is 17.6. The predicted octanol–water partition coefficient (Wildman–Crippen LogP) is 4.23. The summed E-state index contributed by atoms with van der Waals surface area (Å²) in [6.07, 6.45) is 1.55. The molecule has 0 spiro atoms. The minimum Gasteiger partial charge on any atom is -0.493 e. The van der Waals surface area contributed by atoms with Crippen LogP contribution in [0.15, 0.2) is 71.8 Å². The van der Waals surface area contributed by atoms with Gasteiger partial charge in [0.25, 0.3) is 5.91 Å². The molecule has 3 N–H and O–H groups in total. The molecular formula is C23H20N4O3S. The number of hydrogen-bond acceptors (Lipinski definition) is 7. The second-order valence-electron chi connectivity index (χ2n) is 6.62. The average Bonchev–Trinajstić information content (AvgIpc) is 3.17. The quantitative estimate of drug-likeness (QED) is 0.336. The largest absolute Gasteiger partial charge is 0.493 e. The number of thiazole rings is 1. The molecule has 3 aromatic carbocycles. The van der Waals surface area contributed by atoms with Crippen molar-refractivity contribution in [1.82, 2.24) is 10.4 Å². The standard InChI is InChI=1S/C23H20N4O3S/c1-29-20-11-16(7-10-19(20)30-14-15-5-3-2-4-6-15)13-25-27-22(28)17-8-9-18-21(12-17)31-23(24)26-18/h2-13H,14H2,1H3,(H2,24,26)(H,27,28)/b25-13-. The molecule has 0 fully saturated rings. The van der Waals surface area contributed by atoms with E-state index in [9.17, 15) is 4.79 Å². The van der Waals surface area contributed by atoms with Gasteiger partial charge in [-0.2, -0.15) is 5.10 Å². The lowest BCUT2D eigenvalue weighted by molar-refractivity contribution is 0.0955. The van der Waals surface area contributed by atoms with Crippen molar-refractivity contribution in [2.75, 3.05) is 12.8 Å². The summed E-state index contributed by atoms with van der Waals surface area (Å²) >= 11 is 1.33. The van der Waals surface area contributed by atoms with Crippen molar-refractivity contribution in [2.45, 2.75) is 6.61 Å². The first-order valence-electron chi connectivity index (χ1n) is 9.46. The summed E-state index contributed by atoms with van der Waals surface area (Å²) < 4.78 is 12.1. The van der Waals surface area contributed by atoms with Crippen LogP contribution in [0.25, 0.3) is 10.2 Å². The molecular weight excluding hydrogens is 412 g/mol. The van der Waals surface area contributed by atoms with Gasteiger partial charge in [-0.1, -0.05) is 41.7 Å². The van der Waals surface area contributed by atoms with E-state index in [1.807, 2.05) is 42.5 Å². The van der Waals surface area contributed by atoms with Gasteiger partial charge in [0, 0.05) is 5.56 Å². The highest BCUT2D eigenvalue weighted by Crippen LogP contribution is 2.28. The number of hydrogen-bond donors (Lipinski definition) is 2. The molecule has 1 heterocycles. The Bertz CT molecular complexity index is 1240. The number of benzene rings is 3. The minimum absolute atomic E-state index is 0.320. The highest BCUT2D eigenvalue weighted by atomic mass is 32.1. The maximum atomic E-state index is 12.4. The maximum absolute atomic E-state index is 12.4. The molecule has 156 valence electrons. The lowest BCUT2D eigenvalue weighted by Gasteiger charge is -2.11. The molecule has 0 bridgehead atoms. The summed E-state index contributed by atoms with van der Waals surface area (Å²) in [6.45, 7) is 0.441. The Morgan fingerprint density at radius 1 is 1.13 bits per heavy atom. The number of nitrogen functional groups attached to an aromatic ring is 1. The fourth-order valence-electron chi connectivity index (χ4n) is 2.93. The van der Waals surface area contributed by atoms with Gasteiger partial charge in [-0.3, -0.25) is 4.79 Å². The molecule has 0 saturated heterocycles. The molecule has 7 nitrogen and oxygen atoms in total. The summed E-state index contributed by atoms with van der Waals surface area (Å²) in [5, 5.41) is 4.51. The van der Waals surface area contributed by atoms with E-state index < -0.39 is 0 Å². The third-order valence-electron chi connectivity index (χ3n) is 4.47. The van der Waals surface area contributed by atoms with Crippen molar-refractivity contribution in [3.8, 4) is 11.5 Å². The van der Waals surface area contributed by atoms with Gasteiger partial charge in [0.2, 0.25) is 0 Å². The summed E-state index contributed by atoms with van der Waals surface area (Å²) in [4.78, 5) is 16.5. The zero-order valence-electron chi connectivity index (χ0n) is 16.7. The minimum atomic E-state index is -0.320. The predicted molar refractivity (Wildman–Crippen MR) is 123 cm³/mol. The number of fused-ring (bicyclic) bond motifs is 1. The van der Waals surface area contributed by atoms with Gasteiger partial charge in [0.15, 0.2) is 16.6 Å². The number of nitrogens with zero attached hydrogens (tertiary/aromatic N) is 2. The number of anilines is 1. The van der Waals surface area contributed by atoms with Crippen LogP contribution in [-0.2, 0) is 6.61 Å². The zero-order chi connectivity index (χ0) is 21.6. The second-order valence-corrected chi connectivity index (χ2v) is 7.68. The number of ether oxygens (including phenoxy) is 2. The van der Waals surface area contributed by atoms with Gasteiger partial charge in [-0.25, -0.2) is 10.4 Å². The smallest absolute Gasteiger partial charge is 0.271 e.